The van der Waals surface area contributed by atoms with Crippen molar-refractivity contribution in [3.05, 3.63) is 108 Å². The Morgan fingerprint density at radius 1 is 0.609 bits per heavy atom. The molecule has 0 saturated carbocycles. The minimum Gasteiger partial charge on any atom is -0.396 e. The molecule has 0 radical (unpaired) electrons. The second kappa shape index (κ2) is 7.49. The summed E-state index contributed by atoms with van der Waals surface area (Å²) in [5.74, 6) is 0.679. The topological polar surface area (TPSA) is 20.2 Å². The average molecular weight is 320 g/mol. The van der Waals surface area contributed by atoms with E-state index in [0.717, 1.165) is 0 Å². The Balaban J connectivity index is 2.25. The van der Waals surface area contributed by atoms with Gasteiger partial charge in [0.2, 0.25) is 0 Å². The van der Waals surface area contributed by atoms with Gasteiger partial charge in [0.25, 0.3) is 0 Å². The van der Waals surface area contributed by atoms with Crippen LogP contribution in [0, 0.1) is 0 Å². The van der Waals surface area contributed by atoms with Gasteiger partial charge in [-0.2, -0.15) is 0 Å². The molecule has 3 aromatic carbocycles. The minimum absolute atomic E-state index is 0.166. The van der Waals surface area contributed by atoms with Gasteiger partial charge in [-0.25, -0.2) is 0 Å². The Morgan fingerprint density at radius 2 is 0.957 bits per heavy atom. The van der Waals surface area contributed by atoms with Gasteiger partial charge in [-0.3, -0.25) is 0 Å². The first kappa shape index (κ1) is 15.9. The van der Waals surface area contributed by atoms with E-state index in [4.69, 9.17) is 0 Å². The first-order valence-electron chi connectivity index (χ1n) is 7.79. The van der Waals surface area contributed by atoms with Crippen molar-refractivity contribution in [1.29, 1.82) is 0 Å². The first-order chi connectivity index (χ1) is 11.4. The third-order valence-corrected chi connectivity index (χ3v) is 5.48. The molecule has 3 aromatic rings. The largest absolute Gasteiger partial charge is 0.396 e. The van der Waals surface area contributed by atoms with Gasteiger partial charge in [-0.05, 0) is 16.7 Å². The highest BCUT2D eigenvalue weighted by Gasteiger charge is 2.36. The first-order valence-corrected chi connectivity index (χ1v) is 8.78. The van der Waals surface area contributed by atoms with Gasteiger partial charge in [0.15, 0.2) is 0 Å². The standard InChI is InChI=1S/C21H20OS/c22-16-17-23-21(18-10-4-1-5-11-18,19-12-6-2-7-13-19)20-14-8-3-9-15-20/h1-15,22H,16-17H2. The highest BCUT2D eigenvalue weighted by Crippen LogP contribution is 2.48. The van der Waals surface area contributed by atoms with E-state index in [1.54, 1.807) is 11.8 Å². The van der Waals surface area contributed by atoms with E-state index in [1.807, 2.05) is 18.2 Å². The average Bonchev–Trinajstić information content (AvgIpc) is 2.65. The van der Waals surface area contributed by atoms with Crippen LogP contribution < -0.4 is 0 Å². The molecule has 1 N–H and O–H groups in total. The van der Waals surface area contributed by atoms with Crippen LogP contribution in [0.4, 0.5) is 0 Å². The fourth-order valence-corrected chi connectivity index (χ4v) is 4.27. The lowest BCUT2D eigenvalue weighted by molar-refractivity contribution is 0.322. The summed E-state index contributed by atoms with van der Waals surface area (Å²) in [5, 5.41) is 9.45. The van der Waals surface area contributed by atoms with Crippen molar-refractivity contribution in [1.82, 2.24) is 0 Å². The lowest BCUT2D eigenvalue weighted by Gasteiger charge is -2.35. The summed E-state index contributed by atoms with van der Waals surface area (Å²) in [6.45, 7) is 0.166. The van der Waals surface area contributed by atoms with Gasteiger partial charge in [0, 0.05) is 5.75 Å². The van der Waals surface area contributed by atoms with E-state index in [0.29, 0.717) is 5.75 Å². The van der Waals surface area contributed by atoms with Crippen molar-refractivity contribution >= 4 is 11.8 Å². The zero-order chi connectivity index (χ0) is 16.0. The van der Waals surface area contributed by atoms with Gasteiger partial charge in [0.05, 0.1) is 11.4 Å². The lowest BCUT2D eigenvalue weighted by Crippen LogP contribution is -2.26. The molecule has 116 valence electrons. The van der Waals surface area contributed by atoms with Crippen LogP contribution in [0.25, 0.3) is 0 Å². The summed E-state index contributed by atoms with van der Waals surface area (Å²) < 4.78 is -0.313. The molecule has 0 saturated heterocycles. The maximum Gasteiger partial charge on any atom is 0.0907 e. The third-order valence-electron chi connectivity index (χ3n) is 3.95. The normalized spacial score (nSPS) is 11.3. The van der Waals surface area contributed by atoms with Crippen LogP contribution >= 0.6 is 11.8 Å². The monoisotopic (exact) mass is 320 g/mol. The molecule has 0 fully saturated rings. The van der Waals surface area contributed by atoms with Crippen LogP contribution in [-0.2, 0) is 4.75 Å². The van der Waals surface area contributed by atoms with Gasteiger partial charge < -0.3 is 5.11 Å². The number of hydrogen-bond donors (Lipinski definition) is 1. The number of benzene rings is 3. The Bertz CT molecular complexity index is 614. The summed E-state index contributed by atoms with van der Waals surface area (Å²) in [7, 11) is 0. The smallest absolute Gasteiger partial charge is 0.0907 e. The minimum atomic E-state index is -0.313. The van der Waals surface area contributed by atoms with Crippen LogP contribution in [0.5, 0.6) is 0 Å². The number of hydrogen-bond acceptors (Lipinski definition) is 2. The highest BCUT2D eigenvalue weighted by atomic mass is 32.2. The Morgan fingerprint density at radius 3 is 1.26 bits per heavy atom. The van der Waals surface area contributed by atoms with Crippen molar-refractivity contribution in [2.45, 2.75) is 4.75 Å². The molecular weight excluding hydrogens is 300 g/mol. The van der Waals surface area contributed by atoms with Crippen LogP contribution in [0.1, 0.15) is 16.7 Å². The zero-order valence-corrected chi connectivity index (χ0v) is 13.7. The molecule has 0 spiro atoms. The molecule has 1 nitrogen and oxygen atoms in total. The van der Waals surface area contributed by atoms with E-state index in [1.165, 1.54) is 16.7 Å². The highest BCUT2D eigenvalue weighted by molar-refractivity contribution is 8.00. The van der Waals surface area contributed by atoms with Crippen LogP contribution in [0.2, 0.25) is 0 Å². The molecule has 0 aliphatic heterocycles. The third kappa shape index (κ3) is 3.19. The van der Waals surface area contributed by atoms with E-state index < -0.39 is 0 Å². The van der Waals surface area contributed by atoms with Crippen LogP contribution in [0.15, 0.2) is 91.0 Å². The molecule has 0 bridgehead atoms. The van der Waals surface area contributed by atoms with Gasteiger partial charge in [-0.1, -0.05) is 91.0 Å². The SMILES string of the molecule is OCCSC(c1ccccc1)(c1ccccc1)c1ccccc1. The fourth-order valence-electron chi connectivity index (χ4n) is 2.97. The van der Waals surface area contributed by atoms with Crippen molar-refractivity contribution in [3.63, 3.8) is 0 Å². The summed E-state index contributed by atoms with van der Waals surface area (Å²) >= 11 is 1.78. The summed E-state index contributed by atoms with van der Waals surface area (Å²) in [6, 6.07) is 31.6. The fraction of sp³-hybridized carbons (Fsp3) is 0.143. The lowest BCUT2D eigenvalue weighted by atomic mass is 9.84. The van der Waals surface area contributed by atoms with Crippen molar-refractivity contribution < 1.29 is 5.11 Å². The molecule has 0 atom stereocenters. The number of aliphatic hydroxyl groups is 1. The van der Waals surface area contributed by atoms with Crippen LogP contribution in [0.3, 0.4) is 0 Å². The number of rotatable bonds is 6. The molecule has 0 aliphatic carbocycles. The van der Waals surface area contributed by atoms with Gasteiger partial charge >= 0.3 is 0 Å². The number of thioether (sulfide) groups is 1. The van der Waals surface area contributed by atoms with Gasteiger partial charge in [0.1, 0.15) is 0 Å². The quantitative estimate of drug-likeness (QED) is 0.664. The van der Waals surface area contributed by atoms with Crippen molar-refractivity contribution in [2.75, 3.05) is 12.4 Å². The van der Waals surface area contributed by atoms with Gasteiger partial charge in [-0.15, -0.1) is 11.8 Å². The molecule has 0 amide bonds. The van der Waals surface area contributed by atoms with E-state index in [-0.39, 0.29) is 11.4 Å². The molecule has 2 heteroatoms. The Hall–Kier alpha value is -2.03. The molecular formula is C21H20OS. The van der Waals surface area contributed by atoms with Crippen LogP contribution in [-0.4, -0.2) is 17.5 Å². The number of aliphatic hydroxyl groups excluding tert-OH is 1. The molecule has 3 rings (SSSR count). The Labute approximate surface area is 142 Å². The van der Waals surface area contributed by atoms with E-state index >= 15 is 0 Å². The van der Waals surface area contributed by atoms with Crippen molar-refractivity contribution in [2.24, 2.45) is 0 Å². The van der Waals surface area contributed by atoms with E-state index in [2.05, 4.69) is 72.8 Å². The molecule has 0 aromatic heterocycles. The second-order valence-corrected chi connectivity index (χ2v) is 6.66. The molecule has 23 heavy (non-hydrogen) atoms. The molecule has 0 aliphatic rings. The maximum atomic E-state index is 9.45. The Kier molecular flexibility index (Phi) is 5.16. The van der Waals surface area contributed by atoms with Crippen molar-refractivity contribution in [3.8, 4) is 0 Å². The van der Waals surface area contributed by atoms with E-state index in [9.17, 15) is 5.11 Å². The zero-order valence-electron chi connectivity index (χ0n) is 12.9. The molecule has 0 unspecified atom stereocenters. The second-order valence-electron chi connectivity index (χ2n) is 5.35. The summed E-state index contributed by atoms with van der Waals surface area (Å²) in [6.07, 6.45) is 0. The maximum absolute atomic E-state index is 9.45. The summed E-state index contributed by atoms with van der Waals surface area (Å²) in [4.78, 5) is 0. The predicted molar refractivity (Wildman–Crippen MR) is 98.8 cm³/mol. The summed E-state index contributed by atoms with van der Waals surface area (Å²) in [5.41, 5.74) is 3.70. The molecule has 0 heterocycles. The predicted octanol–water partition coefficient (Wildman–Crippen LogP) is 4.70.